The normalized spacial score (nSPS) is 12.8. The zero-order valence-corrected chi connectivity index (χ0v) is 8.32. The van der Waals surface area contributed by atoms with Crippen LogP contribution in [0.2, 0.25) is 0 Å². The third kappa shape index (κ3) is 9.28. The Labute approximate surface area is 79.6 Å². The number of ether oxygens (including phenoxy) is 2. The number of nitrogens with zero attached hydrogens (tertiary/aromatic N) is 1. The summed E-state index contributed by atoms with van der Waals surface area (Å²) in [6.07, 6.45) is 0. The molecule has 1 atom stereocenters. The average molecular weight is 186 g/mol. The lowest BCUT2D eigenvalue weighted by Gasteiger charge is -2.07. The van der Waals surface area contributed by atoms with E-state index in [-0.39, 0.29) is 6.61 Å². The highest BCUT2D eigenvalue weighted by Gasteiger charge is 1.98. The summed E-state index contributed by atoms with van der Waals surface area (Å²) in [5.74, 6) is 0.543. The van der Waals surface area contributed by atoms with Gasteiger partial charge in [0, 0.05) is 6.61 Å². The van der Waals surface area contributed by atoms with Crippen LogP contribution in [0.4, 0.5) is 0 Å². The Morgan fingerprint density at radius 2 is 1.77 bits per heavy atom. The molecule has 4 heteroatoms. The Kier molecular flexibility index (Phi) is 7.60. The second-order valence-corrected chi connectivity index (χ2v) is 3.28. The molecule has 0 aromatic heterocycles. The first-order valence-electron chi connectivity index (χ1n) is 4.47. The third-order valence-electron chi connectivity index (χ3n) is 1.29. The third-order valence-corrected chi connectivity index (χ3v) is 1.29. The van der Waals surface area contributed by atoms with Gasteiger partial charge in [0.05, 0.1) is 25.9 Å². The molecule has 4 nitrogen and oxygen atoms in total. The molecule has 0 heterocycles. The molecule has 1 unspecified atom stereocenters. The van der Waals surface area contributed by atoms with Crippen molar-refractivity contribution < 1.29 is 9.47 Å². The van der Waals surface area contributed by atoms with E-state index in [1.54, 1.807) is 0 Å². The Bertz CT molecular complexity index is 154. The van der Waals surface area contributed by atoms with Gasteiger partial charge in [-0.2, -0.15) is 5.26 Å². The van der Waals surface area contributed by atoms with Gasteiger partial charge in [-0.15, -0.1) is 0 Å². The van der Waals surface area contributed by atoms with Crippen molar-refractivity contribution in [3.8, 4) is 6.07 Å². The summed E-state index contributed by atoms with van der Waals surface area (Å²) in [5.41, 5.74) is 5.31. The number of hydrogen-bond acceptors (Lipinski definition) is 4. The zero-order valence-electron chi connectivity index (χ0n) is 8.32. The lowest BCUT2D eigenvalue weighted by atomic mass is 10.2. The van der Waals surface area contributed by atoms with Crippen molar-refractivity contribution in [1.82, 2.24) is 0 Å². The van der Waals surface area contributed by atoms with Gasteiger partial charge in [-0.1, -0.05) is 13.8 Å². The second-order valence-electron chi connectivity index (χ2n) is 3.28. The monoisotopic (exact) mass is 186 g/mol. The smallest absolute Gasteiger partial charge is 0.116 e. The standard InChI is InChI=1S/C9H18N2O2/c1-8(2)6-12-3-4-13-7-9(11)5-10/h8-9H,3-4,6-7,11H2,1-2H3. The van der Waals surface area contributed by atoms with Crippen LogP contribution in [0.25, 0.3) is 0 Å². The highest BCUT2D eigenvalue weighted by atomic mass is 16.5. The van der Waals surface area contributed by atoms with Gasteiger partial charge in [-0.3, -0.25) is 0 Å². The molecule has 0 aromatic carbocycles. The van der Waals surface area contributed by atoms with Gasteiger partial charge in [0.1, 0.15) is 6.04 Å². The van der Waals surface area contributed by atoms with Gasteiger partial charge in [-0.05, 0) is 5.92 Å². The fraction of sp³-hybridized carbons (Fsp3) is 0.889. The van der Waals surface area contributed by atoms with Crippen molar-refractivity contribution in [1.29, 1.82) is 5.26 Å². The van der Waals surface area contributed by atoms with E-state index in [9.17, 15) is 0 Å². The summed E-state index contributed by atoms with van der Waals surface area (Å²) >= 11 is 0. The molecule has 13 heavy (non-hydrogen) atoms. The van der Waals surface area contributed by atoms with Crippen LogP contribution in [0.1, 0.15) is 13.8 Å². The summed E-state index contributed by atoms with van der Waals surface area (Å²) in [6, 6.07) is 1.36. The molecular weight excluding hydrogens is 168 g/mol. The summed E-state index contributed by atoms with van der Waals surface area (Å²) < 4.78 is 10.4. The second kappa shape index (κ2) is 7.99. The maximum Gasteiger partial charge on any atom is 0.116 e. The quantitative estimate of drug-likeness (QED) is 0.589. The van der Waals surface area contributed by atoms with Crippen LogP contribution in [0, 0.1) is 17.2 Å². The highest BCUT2D eigenvalue weighted by molar-refractivity contribution is 4.85. The minimum absolute atomic E-state index is 0.279. The molecule has 76 valence electrons. The lowest BCUT2D eigenvalue weighted by molar-refractivity contribution is 0.0368. The SMILES string of the molecule is CC(C)COCCOCC(N)C#N. The predicted molar refractivity (Wildman–Crippen MR) is 50.1 cm³/mol. The first kappa shape index (κ1) is 12.4. The minimum atomic E-state index is -0.523. The predicted octanol–water partition coefficient (Wildman–Crippen LogP) is 0.526. The van der Waals surface area contributed by atoms with E-state index < -0.39 is 6.04 Å². The summed E-state index contributed by atoms with van der Waals surface area (Å²) in [6.45, 7) is 6.27. The van der Waals surface area contributed by atoms with Gasteiger partial charge in [0.15, 0.2) is 0 Å². The van der Waals surface area contributed by atoms with Crippen molar-refractivity contribution in [2.24, 2.45) is 11.7 Å². The van der Waals surface area contributed by atoms with E-state index in [0.717, 1.165) is 6.61 Å². The maximum absolute atomic E-state index is 8.32. The van der Waals surface area contributed by atoms with Crippen molar-refractivity contribution in [2.75, 3.05) is 26.4 Å². The molecule has 2 N–H and O–H groups in total. The summed E-state index contributed by atoms with van der Waals surface area (Å²) in [7, 11) is 0. The van der Waals surface area contributed by atoms with E-state index in [1.165, 1.54) is 0 Å². The first-order valence-corrected chi connectivity index (χ1v) is 4.47. The molecule has 0 aliphatic heterocycles. The molecule has 0 spiro atoms. The number of nitriles is 1. The van der Waals surface area contributed by atoms with Gasteiger partial charge < -0.3 is 15.2 Å². The fourth-order valence-electron chi connectivity index (χ4n) is 0.684. The molecule has 0 aliphatic carbocycles. The molecule has 0 radical (unpaired) electrons. The van der Waals surface area contributed by atoms with Crippen molar-refractivity contribution in [3.63, 3.8) is 0 Å². The van der Waals surface area contributed by atoms with Crippen LogP contribution >= 0.6 is 0 Å². The van der Waals surface area contributed by atoms with E-state index in [2.05, 4.69) is 13.8 Å². The lowest BCUT2D eigenvalue weighted by Crippen LogP contribution is -2.25. The van der Waals surface area contributed by atoms with Crippen molar-refractivity contribution >= 4 is 0 Å². The number of rotatable bonds is 7. The van der Waals surface area contributed by atoms with Crippen LogP contribution in [0.3, 0.4) is 0 Å². The molecule has 0 saturated carbocycles. The number of hydrogen-bond donors (Lipinski definition) is 1. The Morgan fingerprint density at radius 1 is 1.23 bits per heavy atom. The Morgan fingerprint density at radius 3 is 2.23 bits per heavy atom. The molecule has 0 aromatic rings. The summed E-state index contributed by atoms with van der Waals surface area (Å²) in [4.78, 5) is 0. The molecular formula is C9H18N2O2. The van der Waals surface area contributed by atoms with E-state index in [1.807, 2.05) is 6.07 Å². The maximum atomic E-state index is 8.32. The molecule has 0 rings (SSSR count). The van der Waals surface area contributed by atoms with Crippen LogP contribution in [-0.4, -0.2) is 32.5 Å². The van der Waals surface area contributed by atoms with E-state index >= 15 is 0 Å². The van der Waals surface area contributed by atoms with Crippen molar-refractivity contribution in [3.05, 3.63) is 0 Å². The summed E-state index contributed by atoms with van der Waals surface area (Å²) in [5, 5.41) is 8.32. The van der Waals surface area contributed by atoms with E-state index in [0.29, 0.717) is 19.1 Å². The van der Waals surface area contributed by atoms with Crippen LogP contribution in [0.15, 0.2) is 0 Å². The largest absolute Gasteiger partial charge is 0.379 e. The first-order chi connectivity index (χ1) is 6.16. The fourth-order valence-corrected chi connectivity index (χ4v) is 0.684. The molecule has 0 bridgehead atoms. The van der Waals surface area contributed by atoms with E-state index in [4.69, 9.17) is 20.5 Å². The van der Waals surface area contributed by atoms with Gasteiger partial charge in [0.2, 0.25) is 0 Å². The Hall–Kier alpha value is -0.630. The number of nitrogens with two attached hydrogens (primary N) is 1. The van der Waals surface area contributed by atoms with Gasteiger partial charge >= 0.3 is 0 Å². The highest BCUT2D eigenvalue weighted by Crippen LogP contribution is 1.91. The van der Waals surface area contributed by atoms with Crippen LogP contribution in [-0.2, 0) is 9.47 Å². The van der Waals surface area contributed by atoms with Crippen LogP contribution in [0.5, 0.6) is 0 Å². The zero-order chi connectivity index (χ0) is 10.1. The van der Waals surface area contributed by atoms with Crippen molar-refractivity contribution in [2.45, 2.75) is 19.9 Å². The molecule has 0 aliphatic rings. The van der Waals surface area contributed by atoms with Gasteiger partial charge in [-0.25, -0.2) is 0 Å². The Balaban J connectivity index is 3.05. The topological polar surface area (TPSA) is 68.3 Å². The average Bonchev–Trinajstić information content (AvgIpc) is 2.10. The molecule has 0 amide bonds. The molecule has 0 saturated heterocycles. The van der Waals surface area contributed by atoms with Crippen LogP contribution < -0.4 is 5.73 Å². The van der Waals surface area contributed by atoms with Gasteiger partial charge in [0.25, 0.3) is 0 Å². The molecule has 0 fully saturated rings. The minimum Gasteiger partial charge on any atom is -0.379 e.